The van der Waals surface area contributed by atoms with Gasteiger partial charge in [-0.15, -0.1) is 4.40 Å². The average molecular weight is 379 g/mol. The Bertz CT molecular complexity index is 996. The minimum Gasteiger partial charge on any atom is -0.475 e. The molecule has 0 amide bonds. The van der Waals surface area contributed by atoms with E-state index in [-0.39, 0.29) is 17.4 Å². The van der Waals surface area contributed by atoms with Crippen molar-refractivity contribution >= 4 is 15.9 Å². The van der Waals surface area contributed by atoms with Crippen LogP contribution in [0.15, 0.2) is 94.2 Å². The van der Waals surface area contributed by atoms with Gasteiger partial charge in [0.1, 0.15) is 6.61 Å². The van der Waals surface area contributed by atoms with Crippen LogP contribution in [0.4, 0.5) is 0 Å². The van der Waals surface area contributed by atoms with Crippen LogP contribution in [0.1, 0.15) is 16.7 Å². The topological polar surface area (TPSA) is 55.7 Å². The highest BCUT2D eigenvalue weighted by molar-refractivity contribution is 7.90. The second kappa shape index (κ2) is 8.64. The van der Waals surface area contributed by atoms with Crippen molar-refractivity contribution < 1.29 is 13.2 Å². The summed E-state index contributed by atoms with van der Waals surface area (Å²) in [6.07, 6.45) is 0.304. The second-order valence-corrected chi connectivity index (χ2v) is 7.81. The minimum atomic E-state index is -3.84. The molecule has 0 aliphatic heterocycles. The summed E-state index contributed by atoms with van der Waals surface area (Å²) < 4.78 is 35.1. The third-order valence-electron chi connectivity index (χ3n) is 3.99. The first-order valence-corrected chi connectivity index (χ1v) is 10.1. The van der Waals surface area contributed by atoms with E-state index >= 15 is 0 Å². The lowest BCUT2D eigenvalue weighted by molar-refractivity contribution is 0.286. The number of hydrogen-bond donors (Lipinski definition) is 0. The van der Waals surface area contributed by atoms with Crippen LogP contribution in [-0.2, 0) is 27.8 Å². The van der Waals surface area contributed by atoms with Crippen molar-refractivity contribution in [2.24, 2.45) is 4.40 Å². The minimum absolute atomic E-state index is 0.155. The Kier molecular flexibility index (Phi) is 6.04. The number of benzene rings is 3. The van der Waals surface area contributed by atoms with Crippen LogP contribution in [-0.4, -0.2) is 14.3 Å². The molecule has 0 unspecified atom stereocenters. The van der Waals surface area contributed by atoms with Crippen molar-refractivity contribution in [3.63, 3.8) is 0 Å². The Hall–Kier alpha value is -2.92. The Morgan fingerprint density at radius 2 is 1.37 bits per heavy atom. The lowest BCUT2D eigenvalue weighted by atomic mass is 10.1. The van der Waals surface area contributed by atoms with Crippen LogP contribution < -0.4 is 0 Å². The van der Waals surface area contributed by atoms with Crippen molar-refractivity contribution in [3.8, 4) is 0 Å². The summed E-state index contributed by atoms with van der Waals surface area (Å²) >= 11 is 0. The lowest BCUT2D eigenvalue weighted by Gasteiger charge is -2.10. The molecule has 138 valence electrons. The van der Waals surface area contributed by atoms with E-state index in [9.17, 15) is 8.42 Å². The van der Waals surface area contributed by atoms with Crippen molar-refractivity contribution in [2.75, 3.05) is 0 Å². The fourth-order valence-corrected chi connectivity index (χ4v) is 3.49. The lowest BCUT2D eigenvalue weighted by Crippen LogP contribution is -2.12. The molecule has 0 atom stereocenters. The molecule has 3 rings (SSSR count). The fraction of sp³-hybridized carbons (Fsp3) is 0.136. The van der Waals surface area contributed by atoms with Crippen molar-refractivity contribution in [1.82, 2.24) is 0 Å². The Morgan fingerprint density at radius 3 is 1.96 bits per heavy atom. The maximum absolute atomic E-state index is 12.7. The number of hydrogen-bond acceptors (Lipinski definition) is 3. The van der Waals surface area contributed by atoms with Crippen molar-refractivity contribution in [3.05, 3.63) is 102 Å². The molecule has 0 aliphatic carbocycles. The maximum atomic E-state index is 12.7. The van der Waals surface area contributed by atoms with E-state index in [1.165, 1.54) is 0 Å². The standard InChI is InChI=1S/C22H21NO3S/c1-18-12-14-21(15-13-18)27(24,25)23-22(16-19-8-4-2-5-9-19)26-17-20-10-6-3-7-11-20/h2-15H,16-17H2,1H3/b23-22+. The average Bonchev–Trinajstić information content (AvgIpc) is 2.68. The highest BCUT2D eigenvalue weighted by Gasteiger charge is 2.16. The van der Waals surface area contributed by atoms with E-state index < -0.39 is 10.0 Å². The highest BCUT2D eigenvalue weighted by Crippen LogP contribution is 2.15. The van der Waals surface area contributed by atoms with E-state index in [2.05, 4.69) is 4.40 Å². The van der Waals surface area contributed by atoms with Gasteiger partial charge in [-0.1, -0.05) is 78.4 Å². The van der Waals surface area contributed by atoms with Crippen LogP contribution in [0, 0.1) is 6.92 Å². The molecule has 5 heteroatoms. The molecule has 0 N–H and O–H groups in total. The third-order valence-corrected chi connectivity index (χ3v) is 5.30. The maximum Gasteiger partial charge on any atom is 0.285 e. The molecule has 0 fully saturated rings. The zero-order valence-electron chi connectivity index (χ0n) is 15.1. The third kappa shape index (κ3) is 5.53. The van der Waals surface area contributed by atoms with Gasteiger partial charge in [-0.25, -0.2) is 0 Å². The Morgan fingerprint density at radius 1 is 0.815 bits per heavy atom. The zero-order valence-corrected chi connectivity index (χ0v) is 15.9. The van der Waals surface area contributed by atoms with Crippen molar-refractivity contribution in [1.29, 1.82) is 0 Å². The van der Waals surface area contributed by atoms with Crippen LogP contribution in [0.25, 0.3) is 0 Å². The number of sulfonamides is 1. The predicted molar refractivity (Wildman–Crippen MR) is 107 cm³/mol. The molecule has 0 saturated heterocycles. The second-order valence-electron chi connectivity index (χ2n) is 6.21. The van der Waals surface area contributed by atoms with Gasteiger partial charge in [0.05, 0.1) is 4.90 Å². The smallest absolute Gasteiger partial charge is 0.285 e. The van der Waals surface area contributed by atoms with E-state index in [1.54, 1.807) is 24.3 Å². The zero-order chi connectivity index (χ0) is 19.1. The molecular formula is C22H21NO3S. The number of ether oxygens (including phenoxy) is 1. The molecule has 4 nitrogen and oxygen atoms in total. The first-order chi connectivity index (χ1) is 13.0. The predicted octanol–water partition coefficient (Wildman–Crippen LogP) is 4.54. The van der Waals surface area contributed by atoms with Gasteiger partial charge in [0.25, 0.3) is 10.0 Å². The van der Waals surface area contributed by atoms with E-state index in [0.29, 0.717) is 6.42 Å². The molecule has 3 aromatic rings. The van der Waals surface area contributed by atoms with Crippen LogP contribution in [0.3, 0.4) is 0 Å². The summed E-state index contributed by atoms with van der Waals surface area (Å²) in [5, 5.41) is 0. The van der Waals surface area contributed by atoms with Crippen LogP contribution in [0.5, 0.6) is 0 Å². The molecule has 3 aromatic carbocycles. The van der Waals surface area contributed by atoms with Gasteiger partial charge < -0.3 is 4.74 Å². The normalized spacial score (nSPS) is 12.0. The SMILES string of the molecule is Cc1ccc(S(=O)(=O)/N=C(\Cc2ccccc2)OCc2ccccc2)cc1. The first-order valence-electron chi connectivity index (χ1n) is 8.64. The van der Waals surface area contributed by atoms with Crippen LogP contribution in [0.2, 0.25) is 0 Å². The van der Waals surface area contributed by atoms with Gasteiger partial charge in [-0.2, -0.15) is 8.42 Å². The monoisotopic (exact) mass is 379 g/mol. The Balaban J connectivity index is 1.87. The number of rotatable bonds is 6. The molecule has 0 bridgehead atoms. The summed E-state index contributed by atoms with van der Waals surface area (Å²) in [5.41, 5.74) is 2.87. The van der Waals surface area contributed by atoms with Gasteiger partial charge >= 0.3 is 0 Å². The summed E-state index contributed by atoms with van der Waals surface area (Å²) in [7, 11) is -3.84. The molecule has 0 spiro atoms. The van der Waals surface area contributed by atoms with E-state index in [4.69, 9.17) is 4.74 Å². The molecule has 0 aliphatic rings. The van der Waals surface area contributed by atoms with Crippen molar-refractivity contribution in [2.45, 2.75) is 24.8 Å². The van der Waals surface area contributed by atoms with Gasteiger partial charge in [-0.05, 0) is 30.2 Å². The molecule has 0 heterocycles. The number of aryl methyl sites for hydroxylation is 1. The molecule has 0 aromatic heterocycles. The van der Waals surface area contributed by atoms with Gasteiger partial charge in [-0.3, -0.25) is 0 Å². The summed E-state index contributed by atoms with van der Waals surface area (Å²) in [4.78, 5) is 0.155. The van der Waals surface area contributed by atoms with Gasteiger partial charge in [0.15, 0.2) is 0 Å². The molecule has 27 heavy (non-hydrogen) atoms. The molecule has 0 saturated carbocycles. The quantitative estimate of drug-likeness (QED) is 0.467. The van der Waals surface area contributed by atoms with E-state index in [0.717, 1.165) is 16.7 Å². The van der Waals surface area contributed by atoms with Gasteiger partial charge in [0.2, 0.25) is 5.90 Å². The Labute approximate surface area is 160 Å². The fourth-order valence-electron chi connectivity index (χ4n) is 2.52. The molecule has 0 radical (unpaired) electrons. The van der Waals surface area contributed by atoms with Gasteiger partial charge in [0, 0.05) is 6.42 Å². The highest BCUT2D eigenvalue weighted by atomic mass is 32.2. The van der Waals surface area contributed by atoms with E-state index in [1.807, 2.05) is 67.6 Å². The number of nitrogens with zero attached hydrogens (tertiary/aromatic N) is 1. The molecular weight excluding hydrogens is 358 g/mol. The summed E-state index contributed by atoms with van der Waals surface area (Å²) in [5.74, 6) is 0.172. The first kappa shape index (κ1) is 18.9. The summed E-state index contributed by atoms with van der Waals surface area (Å²) in [6.45, 7) is 2.17. The van der Waals surface area contributed by atoms with Crippen LogP contribution >= 0.6 is 0 Å². The summed E-state index contributed by atoms with van der Waals surface area (Å²) in [6, 6.07) is 25.8. The largest absolute Gasteiger partial charge is 0.475 e.